The number of pyridine rings is 1. The van der Waals surface area contributed by atoms with E-state index in [-0.39, 0.29) is 6.04 Å². The Labute approximate surface area is 154 Å². The standard InChI is InChI=1S/C18H19F4N5/c19-14-8-23-11-25-17(14)27-6-4-13-3-5-26(15(13)10-27)9-12-1-2-16(24-7-12)18(20,21)22/h1-2,7-8,11,13,15H,3-6,9-10H2. The summed E-state index contributed by atoms with van der Waals surface area (Å²) in [4.78, 5) is 15.5. The van der Waals surface area contributed by atoms with Crippen molar-refractivity contribution in [1.29, 1.82) is 0 Å². The molecule has 5 nitrogen and oxygen atoms in total. The van der Waals surface area contributed by atoms with Gasteiger partial charge in [-0.1, -0.05) is 6.07 Å². The second-order valence-corrected chi connectivity index (χ2v) is 7.07. The highest BCUT2D eigenvalue weighted by atomic mass is 19.4. The van der Waals surface area contributed by atoms with Crippen LogP contribution in [0, 0.1) is 11.7 Å². The molecular formula is C18H19F4N5. The van der Waals surface area contributed by atoms with Crippen LogP contribution in [-0.4, -0.2) is 45.5 Å². The summed E-state index contributed by atoms with van der Waals surface area (Å²) in [5, 5.41) is 0. The molecule has 2 aliphatic heterocycles. The van der Waals surface area contributed by atoms with Crippen LogP contribution in [0.25, 0.3) is 0 Å². The van der Waals surface area contributed by atoms with Crippen LogP contribution in [0.5, 0.6) is 0 Å². The molecule has 4 heterocycles. The molecule has 4 rings (SSSR count). The largest absolute Gasteiger partial charge is 0.433 e. The Morgan fingerprint density at radius 2 is 1.89 bits per heavy atom. The lowest BCUT2D eigenvalue weighted by molar-refractivity contribution is -0.141. The Kier molecular flexibility index (Phi) is 4.71. The predicted molar refractivity (Wildman–Crippen MR) is 90.4 cm³/mol. The molecule has 2 aromatic rings. The van der Waals surface area contributed by atoms with Gasteiger partial charge in [0.05, 0.1) is 6.20 Å². The summed E-state index contributed by atoms with van der Waals surface area (Å²) >= 11 is 0. The second kappa shape index (κ2) is 7.03. The quantitative estimate of drug-likeness (QED) is 0.765. The van der Waals surface area contributed by atoms with Gasteiger partial charge in [0.1, 0.15) is 12.0 Å². The van der Waals surface area contributed by atoms with Gasteiger partial charge in [-0.05, 0) is 36.9 Å². The van der Waals surface area contributed by atoms with Crippen molar-refractivity contribution in [2.75, 3.05) is 24.5 Å². The summed E-state index contributed by atoms with van der Waals surface area (Å²) in [5.74, 6) is 0.382. The smallest absolute Gasteiger partial charge is 0.352 e. The van der Waals surface area contributed by atoms with Gasteiger partial charge < -0.3 is 4.90 Å². The molecule has 2 fully saturated rings. The number of piperidine rings is 1. The first-order valence-electron chi connectivity index (χ1n) is 8.88. The zero-order chi connectivity index (χ0) is 19.0. The maximum absolute atomic E-state index is 14.0. The average Bonchev–Trinajstić information content (AvgIpc) is 3.04. The summed E-state index contributed by atoms with van der Waals surface area (Å²) in [6, 6.07) is 2.72. The van der Waals surface area contributed by atoms with Crippen LogP contribution in [0.1, 0.15) is 24.1 Å². The molecule has 0 aliphatic carbocycles. The first kappa shape index (κ1) is 18.1. The van der Waals surface area contributed by atoms with Crippen LogP contribution in [0.15, 0.2) is 30.9 Å². The number of hydrogen-bond acceptors (Lipinski definition) is 5. The zero-order valence-corrected chi connectivity index (χ0v) is 14.5. The Bertz CT molecular complexity index is 795. The van der Waals surface area contributed by atoms with Gasteiger partial charge in [-0.25, -0.2) is 14.4 Å². The van der Waals surface area contributed by atoms with E-state index in [9.17, 15) is 17.6 Å². The molecular weight excluding hydrogens is 362 g/mol. The first-order valence-corrected chi connectivity index (χ1v) is 8.88. The van der Waals surface area contributed by atoms with Gasteiger partial charge in [-0.15, -0.1) is 0 Å². The van der Waals surface area contributed by atoms with Gasteiger partial charge in [-0.2, -0.15) is 13.2 Å². The van der Waals surface area contributed by atoms with E-state index in [2.05, 4.69) is 19.9 Å². The minimum atomic E-state index is -4.43. The number of fused-ring (bicyclic) bond motifs is 1. The maximum Gasteiger partial charge on any atom is 0.433 e. The number of aromatic nitrogens is 3. The molecule has 0 aromatic carbocycles. The van der Waals surface area contributed by atoms with Crippen molar-refractivity contribution in [2.24, 2.45) is 5.92 Å². The Balaban J connectivity index is 1.46. The molecule has 0 saturated carbocycles. The summed E-state index contributed by atoms with van der Waals surface area (Å²) < 4.78 is 52.0. The highest BCUT2D eigenvalue weighted by Gasteiger charge is 2.39. The van der Waals surface area contributed by atoms with E-state index in [1.807, 2.05) is 4.90 Å². The molecule has 9 heteroatoms. The van der Waals surface area contributed by atoms with Crippen LogP contribution in [-0.2, 0) is 12.7 Å². The van der Waals surface area contributed by atoms with Crippen LogP contribution < -0.4 is 4.90 Å². The minimum absolute atomic E-state index is 0.218. The molecule has 2 aromatic heterocycles. The lowest BCUT2D eigenvalue weighted by Crippen LogP contribution is -2.48. The van der Waals surface area contributed by atoms with Crippen LogP contribution in [0.3, 0.4) is 0 Å². The van der Waals surface area contributed by atoms with Gasteiger partial charge in [-0.3, -0.25) is 9.88 Å². The SMILES string of the molecule is Fc1cncnc1N1CCC2CCN(Cc3ccc(C(F)(F)F)nc3)C2C1. The van der Waals surface area contributed by atoms with E-state index in [0.29, 0.717) is 24.8 Å². The second-order valence-electron chi connectivity index (χ2n) is 7.07. The Morgan fingerprint density at radius 3 is 2.59 bits per heavy atom. The fourth-order valence-electron chi connectivity index (χ4n) is 4.08. The molecule has 2 saturated heterocycles. The van der Waals surface area contributed by atoms with E-state index in [4.69, 9.17) is 0 Å². The summed E-state index contributed by atoms with van der Waals surface area (Å²) in [7, 11) is 0. The van der Waals surface area contributed by atoms with Crippen molar-refractivity contribution in [1.82, 2.24) is 19.9 Å². The summed E-state index contributed by atoms with van der Waals surface area (Å²) in [5.41, 5.74) is -0.136. The number of rotatable bonds is 3. The van der Waals surface area contributed by atoms with Crippen molar-refractivity contribution in [3.8, 4) is 0 Å². The minimum Gasteiger partial charge on any atom is -0.352 e. The molecule has 0 spiro atoms. The summed E-state index contributed by atoms with van der Waals surface area (Å²) in [6.07, 6.45) is 1.35. The number of likely N-dealkylation sites (tertiary alicyclic amines) is 1. The van der Waals surface area contributed by atoms with Gasteiger partial charge >= 0.3 is 6.18 Å². The number of hydrogen-bond donors (Lipinski definition) is 0. The molecule has 0 N–H and O–H groups in total. The number of nitrogens with zero attached hydrogens (tertiary/aromatic N) is 5. The van der Waals surface area contributed by atoms with Crippen molar-refractivity contribution in [3.63, 3.8) is 0 Å². The third-order valence-corrected chi connectivity index (χ3v) is 5.43. The lowest BCUT2D eigenvalue weighted by Gasteiger charge is -2.39. The molecule has 2 atom stereocenters. The van der Waals surface area contributed by atoms with Gasteiger partial charge in [0.2, 0.25) is 0 Å². The molecule has 0 amide bonds. The zero-order valence-electron chi connectivity index (χ0n) is 14.5. The van der Waals surface area contributed by atoms with Crippen LogP contribution >= 0.6 is 0 Å². The van der Waals surface area contributed by atoms with E-state index < -0.39 is 17.7 Å². The Hall–Kier alpha value is -2.29. The average molecular weight is 381 g/mol. The fourth-order valence-corrected chi connectivity index (χ4v) is 4.08. The van der Waals surface area contributed by atoms with Gasteiger partial charge in [0.15, 0.2) is 11.6 Å². The van der Waals surface area contributed by atoms with Crippen molar-refractivity contribution >= 4 is 5.82 Å². The Morgan fingerprint density at radius 1 is 1.07 bits per heavy atom. The number of anilines is 1. The topological polar surface area (TPSA) is 45.2 Å². The van der Waals surface area contributed by atoms with Crippen LogP contribution in [0.4, 0.5) is 23.4 Å². The van der Waals surface area contributed by atoms with Crippen molar-refractivity contribution in [3.05, 3.63) is 47.9 Å². The van der Waals surface area contributed by atoms with Gasteiger partial charge in [0.25, 0.3) is 0 Å². The van der Waals surface area contributed by atoms with Crippen molar-refractivity contribution < 1.29 is 17.6 Å². The maximum atomic E-state index is 14.0. The highest BCUT2D eigenvalue weighted by Crippen LogP contribution is 2.34. The molecule has 2 unspecified atom stereocenters. The van der Waals surface area contributed by atoms with E-state index in [0.717, 1.165) is 43.8 Å². The lowest BCUT2D eigenvalue weighted by atomic mass is 9.92. The predicted octanol–water partition coefficient (Wildman–Crippen LogP) is 3.13. The third-order valence-electron chi connectivity index (χ3n) is 5.43. The number of halogens is 4. The highest BCUT2D eigenvalue weighted by molar-refractivity contribution is 5.39. The van der Waals surface area contributed by atoms with E-state index in [1.54, 1.807) is 0 Å². The molecule has 0 radical (unpaired) electrons. The summed E-state index contributed by atoms with van der Waals surface area (Å²) in [6.45, 7) is 2.79. The monoisotopic (exact) mass is 381 g/mol. The molecule has 27 heavy (non-hydrogen) atoms. The third kappa shape index (κ3) is 3.73. The van der Waals surface area contributed by atoms with E-state index >= 15 is 0 Å². The normalized spacial score (nSPS) is 23.5. The van der Waals surface area contributed by atoms with E-state index in [1.165, 1.54) is 18.6 Å². The van der Waals surface area contributed by atoms with Crippen LogP contribution in [0.2, 0.25) is 0 Å². The van der Waals surface area contributed by atoms with Gasteiger partial charge in [0, 0.05) is 31.9 Å². The number of alkyl halides is 3. The molecule has 144 valence electrons. The molecule has 2 aliphatic rings. The fraction of sp³-hybridized carbons (Fsp3) is 0.500. The first-order chi connectivity index (χ1) is 12.9. The molecule has 0 bridgehead atoms. The van der Waals surface area contributed by atoms with Crippen molar-refractivity contribution in [2.45, 2.75) is 31.6 Å².